The molecule has 0 aliphatic carbocycles. The number of hydrogen-bond donors (Lipinski definition) is 2. The predicted molar refractivity (Wildman–Crippen MR) is 23.2 cm³/mol. The molecule has 2 N–H and O–H groups in total. The van der Waals surface area contributed by atoms with Gasteiger partial charge in [0.25, 0.3) is 0 Å². The van der Waals surface area contributed by atoms with Gasteiger partial charge in [-0.25, -0.2) is 0 Å². The molecule has 0 saturated heterocycles. The summed E-state index contributed by atoms with van der Waals surface area (Å²) in [7, 11) is -0.699. The van der Waals surface area contributed by atoms with Gasteiger partial charge in [0.2, 0.25) is 0 Å². The van der Waals surface area contributed by atoms with E-state index in [1.165, 1.54) is 0 Å². The van der Waals surface area contributed by atoms with Crippen molar-refractivity contribution in [2.24, 2.45) is 0 Å². The van der Waals surface area contributed by atoms with Crippen molar-refractivity contribution >= 4 is 14.2 Å². The number of rotatable bonds is 1. The Morgan fingerprint density at radius 2 is 1.80 bits per heavy atom. The second-order valence-electron chi connectivity index (χ2n) is 0.889. The van der Waals surface area contributed by atoms with Gasteiger partial charge in [-0.2, -0.15) is 0 Å². The topological polar surface area (TPSA) is 40.5 Å². The molecule has 0 aromatic rings. The summed E-state index contributed by atoms with van der Waals surface area (Å²) >= 11 is 0. The fourth-order valence-corrected chi connectivity index (χ4v) is 0. The largest absolute Gasteiger partial charge is 0.434 e. The van der Waals surface area contributed by atoms with Gasteiger partial charge in [0.15, 0.2) is 7.17 Å². The Kier molecular flexibility index (Phi) is 2.32. The molecule has 0 radical (unpaired) electrons. The lowest BCUT2D eigenvalue weighted by atomic mass is 9.46. The lowest BCUT2D eigenvalue weighted by Gasteiger charge is -1.80. The van der Waals surface area contributed by atoms with Crippen molar-refractivity contribution in [1.29, 1.82) is 0 Å². The van der Waals surface area contributed by atoms with E-state index in [0.717, 1.165) is 0 Å². The monoisotopic (exact) mass is 72.1 g/mol. The van der Waals surface area contributed by atoms with E-state index in [-0.39, 0.29) is 0 Å². The lowest BCUT2D eigenvalue weighted by molar-refractivity contribution is 0.434. The molecule has 0 fully saturated rings. The van der Waals surface area contributed by atoms with Crippen molar-refractivity contribution < 1.29 is 10.0 Å². The summed E-state index contributed by atoms with van der Waals surface area (Å²) in [5, 5.41) is 15.8. The zero-order valence-electron chi connectivity index (χ0n) is 3.18. The smallest absolute Gasteiger partial charge is 0.396 e. The average Bonchev–Trinajstić information content (AvgIpc) is 1.38. The van der Waals surface area contributed by atoms with Crippen LogP contribution in [-0.2, 0) is 0 Å². The van der Waals surface area contributed by atoms with Crippen LogP contribution in [0.1, 0.15) is 0 Å². The molecule has 28 valence electrons. The second kappa shape index (κ2) is 2.30. The van der Waals surface area contributed by atoms with E-state index in [0.29, 0.717) is 7.17 Å². The maximum atomic E-state index is 7.92. The van der Waals surface area contributed by atoms with Crippen molar-refractivity contribution in [1.82, 2.24) is 0 Å². The van der Waals surface area contributed by atoms with Crippen LogP contribution in [0.5, 0.6) is 0 Å². The lowest BCUT2D eigenvalue weighted by Crippen LogP contribution is -2.17. The van der Waals surface area contributed by atoms with Gasteiger partial charge < -0.3 is 10.0 Å². The van der Waals surface area contributed by atoms with E-state index < -0.39 is 7.01 Å². The van der Waals surface area contributed by atoms with Crippen LogP contribution < -0.4 is 0 Å². The average molecular weight is 71.7 g/mol. The van der Waals surface area contributed by atoms with E-state index in [1.807, 2.05) is 0 Å². The molecule has 0 amide bonds. The SMILES string of the molecule is CBB(O)O. The molecular formula is CH6B2O2. The van der Waals surface area contributed by atoms with Gasteiger partial charge in [0.1, 0.15) is 0 Å². The Hall–Kier alpha value is 0.0499. The fourth-order valence-electron chi connectivity index (χ4n) is 0. The van der Waals surface area contributed by atoms with Crippen molar-refractivity contribution in [3.05, 3.63) is 0 Å². The van der Waals surface area contributed by atoms with Crippen molar-refractivity contribution in [2.45, 2.75) is 6.82 Å². The number of hydrogen-bond acceptors (Lipinski definition) is 2. The molecule has 0 heterocycles. The Morgan fingerprint density at radius 3 is 1.80 bits per heavy atom. The molecule has 0 aliphatic heterocycles. The molecule has 5 heavy (non-hydrogen) atoms. The van der Waals surface area contributed by atoms with Crippen LogP contribution in [0.25, 0.3) is 0 Å². The first kappa shape index (κ1) is 5.05. The molecule has 0 unspecified atom stereocenters. The predicted octanol–water partition coefficient (Wildman–Crippen LogP) is -1.56. The molecule has 4 heteroatoms. The summed E-state index contributed by atoms with van der Waals surface area (Å²) in [4.78, 5) is 0. The van der Waals surface area contributed by atoms with Gasteiger partial charge >= 0.3 is 7.01 Å². The zero-order chi connectivity index (χ0) is 4.28. The Labute approximate surface area is 32.2 Å². The van der Waals surface area contributed by atoms with Gasteiger partial charge in [-0.05, 0) is 0 Å². The fraction of sp³-hybridized carbons (Fsp3) is 1.00. The van der Waals surface area contributed by atoms with Crippen molar-refractivity contribution in [2.75, 3.05) is 0 Å². The van der Waals surface area contributed by atoms with Crippen molar-refractivity contribution in [3.63, 3.8) is 0 Å². The van der Waals surface area contributed by atoms with E-state index in [2.05, 4.69) is 0 Å². The minimum Gasteiger partial charge on any atom is -0.434 e. The highest BCUT2D eigenvalue weighted by molar-refractivity contribution is 7.03. The van der Waals surface area contributed by atoms with E-state index in [1.54, 1.807) is 6.82 Å². The van der Waals surface area contributed by atoms with Crippen LogP contribution in [0.3, 0.4) is 0 Å². The quantitative estimate of drug-likeness (QED) is 0.367. The molecule has 0 aromatic heterocycles. The van der Waals surface area contributed by atoms with Gasteiger partial charge in [-0.1, -0.05) is 6.82 Å². The van der Waals surface area contributed by atoms with E-state index in [9.17, 15) is 0 Å². The standard InChI is InChI=1S/CH6B2O2/c1-2-3(4)5/h2,4-5H,1H3. The summed E-state index contributed by atoms with van der Waals surface area (Å²) in [6, 6.07) is 0. The second-order valence-corrected chi connectivity index (χ2v) is 0.889. The van der Waals surface area contributed by atoms with Gasteiger partial charge in [-0.3, -0.25) is 0 Å². The van der Waals surface area contributed by atoms with Gasteiger partial charge in [-0.15, -0.1) is 0 Å². The van der Waals surface area contributed by atoms with Gasteiger partial charge in [0, 0.05) is 0 Å². The van der Waals surface area contributed by atoms with Crippen LogP contribution >= 0.6 is 0 Å². The molecule has 0 aromatic carbocycles. The summed E-state index contributed by atoms with van der Waals surface area (Å²) in [6.07, 6.45) is 0. The third-order valence-electron chi connectivity index (χ3n) is 0.365. The van der Waals surface area contributed by atoms with Gasteiger partial charge in [0.05, 0.1) is 0 Å². The first-order valence-electron chi connectivity index (χ1n) is 1.63. The highest BCUT2D eigenvalue weighted by Crippen LogP contribution is 1.55. The Bertz CT molecular complexity index is 21.6. The molecule has 0 aliphatic rings. The first-order valence-corrected chi connectivity index (χ1v) is 1.63. The van der Waals surface area contributed by atoms with Crippen LogP contribution in [0.2, 0.25) is 6.82 Å². The molecular weight excluding hydrogens is 65.6 g/mol. The molecule has 0 rings (SSSR count). The minimum atomic E-state index is -1.12. The minimum absolute atomic E-state index is 0.417. The van der Waals surface area contributed by atoms with Crippen LogP contribution in [-0.4, -0.2) is 24.2 Å². The highest BCUT2D eigenvalue weighted by atomic mass is 16.4. The molecule has 0 saturated carbocycles. The summed E-state index contributed by atoms with van der Waals surface area (Å²) in [5.74, 6) is 0. The van der Waals surface area contributed by atoms with Crippen LogP contribution in [0.15, 0.2) is 0 Å². The third-order valence-corrected chi connectivity index (χ3v) is 0.365. The first-order chi connectivity index (χ1) is 2.27. The zero-order valence-corrected chi connectivity index (χ0v) is 3.18. The van der Waals surface area contributed by atoms with Crippen LogP contribution in [0.4, 0.5) is 0 Å². The summed E-state index contributed by atoms with van der Waals surface area (Å²) < 4.78 is 0. The van der Waals surface area contributed by atoms with Crippen LogP contribution in [0, 0.1) is 0 Å². The Balaban J connectivity index is 2.54. The molecule has 0 atom stereocenters. The Morgan fingerprint density at radius 1 is 1.60 bits per heavy atom. The maximum Gasteiger partial charge on any atom is 0.396 e. The van der Waals surface area contributed by atoms with E-state index in [4.69, 9.17) is 10.0 Å². The molecule has 0 spiro atoms. The maximum absolute atomic E-state index is 7.92. The third kappa shape index (κ3) is 4.05. The normalized spacial score (nSPS) is 7.00. The summed E-state index contributed by atoms with van der Waals surface area (Å²) in [5.41, 5.74) is 0. The molecule has 0 bridgehead atoms. The summed E-state index contributed by atoms with van der Waals surface area (Å²) in [6.45, 7) is 1.70. The molecule has 2 nitrogen and oxygen atoms in total. The van der Waals surface area contributed by atoms with E-state index >= 15 is 0 Å². The highest BCUT2D eigenvalue weighted by Gasteiger charge is 1.98. The van der Waals surface area contributed by atoms with Crippen molar-refractivity contribution in [3.8, 4) is 0 Å².